The van der Waals surface area contributed by atoms with Gasteiger partial charge in [-0.05, 0) is 29.8 Å². The summed E-state index contributed by atoms with van der Waals surface area (Å²) < 4.78 is 11.1. The number of amides is 1. The standard InChI is InChI=1S/C20H19N3O3S/c1-23(12-14-5-6-17-18(10-14)26-9-8-25-17)19(24)11-15-13-27-20(22-15)16-4-2-3-7-21-16/h2-7,10,13H,8-9,11-12H2,1H3. The third-order valence-corrected chi connectivity index (χ3v) is 5.13. The van der Waals surface area contributed by atoms with Gasteiger partial charge in [-0.2, -0.15) is 0 Å². The highest BCUT2D eigenvalue weighted by atomic mass is 32.1. The van der Waals surface area contributed by atoms with Crippen LogP contribution in [0.2, 0.25) is 0 Å². The van der Waals surface area contributed by atoms with Gasteiger partial charge in [0, 0.05) is 25.2 Å². The second-order valence-electron chi connectivity index (χ2n) is 6.26. The van der Waals surface area contributed by atoms with E-state index in [1.165, 1.54) is 11.3 Å². The molecule has 0 aliphatic carbocycles. The van der Waals surface area contributed by atoms with E-state index in [1.807, 2.05) is 41.8 Å². The maximum Gasteiger partial charge on any atom is 0.228 e. The lowest BCUT2D eigenvalue weighted by Crippen LogP contribution is -2.28. The molecule has 3 aromatic rings. The Labute approximate surface area is 161 Å². The summed E-state index contributed by atoms with van der Waals surface area (Å²) in [7, 11) is 1.80. The van der Waals surface area contributed by atoms with Crippen LogP contribution < -0.4 is 9.47 Å². The Bertz CT molecular complexity index is 943. The summed E-state index contributed by atoms with van der Waals surface area (Å²) in [5.41, 5.74) is 2.59. The molecule has 0 fully saturated rings. The minimum Gasteiger partial charge on any atom is -0.486 e. The quantitative estimate of drug-likeness (QED) is 0.679. The fourth-order valence-corrected chi connectivity index (χ4v) is 3.63. The zero-order valence-electron chi connectivity index (χ0n) is 14.9. The average molecular weight is 381 g/mol. The van der Waals surface area contributed by atoms with Crippen LogP contribution in [-0.4, -0.2) is 41.0 Å². The van der Waals surface area contributed by atoms with Crippen LogP contribution in [0.3, 0.4) is 0 Å². The molecule has 1 aliphatic heterocycles. The first-order valence-electron chi connectivity index (χ1n) is 8.67. The zero-order valence-corrected chi connectivity index (χ0v) is 15.7. The monoisotopic (exact) mass is 381 g/mol. The Morgan fingerprint density at radius 1 is 1.19 bits per heavy atom. The Morgan fingerprint density at radius 3 is 2.85 bits per heavy atom. The average Bonchev–Trinajstić information content (AvgIpc) is 3.17. The van der Waals surface area contributed by atoms with Gasteiger partial charge in [0.05, 0.1) is 17.8 Å². The molecule has 2 aromatic heterocycles. The van der Waals surface area contributed by atoms with Crippen molar-refractivity contribution < 1.29 is 14.3 Å². The molecule has 27 heavy (non-hydrogen) atoms. The van der Waals surface area contributed by atoms with Crippen molar-refractivity contribution in [3.63, 3.8) is 0 Å². The van der Waals surface area contributed by atoms with Crippen molar-refractivity contribution in [2.24, 2.45) is 0 Å². The maximum atomic E-state index is 12.6. The normalized spacial score (nSPS) is 12.6. The third-order valence-electron chi connectivity index (χ3n) is 4.22. The minimum absolute atomic E-state index is 0.0164. The predicted molar refractivity (Wildman–Crippen MR) is 103 cm³/mol. The van der Waals surface area contributed by atoms with Gasteiger partial charge < -0.3 is 14.4 Å². The van der Waals surface area contributed by atoms with Crippen LogP contribution in [-0.2, 0) is 17.8 Å². The lowest BCUT2D eigenvalue weighted by molar-refractivity contribution is -0.129. The van der Waals surface area contributed by atoms with Gasteiger partial charge in [-0.15, -0.1) is 11.3 Å². The smallest absolute Gasteiger partial charge is 0.228 e. The topological polar surface area (TPSA) is 64.6 Å². The van der Waals surface area contributed by atoms with E-state index in [0.717, 1.165) is 33.5 Å². The Balaban J connectivity index is 1.39. The lowest BCUT2D eigenvalue weighted by Gasteiger charge is -2.21. The van der Waals surface area contributed by atoms with Gasteiger partial charge in [0.2, 0.25) is 5.91 Å². The Hall–Kier alpha value is -2.93. The van der Waals surface area contributed by atoms with E-state index in [-0.39, 0.29) is 12.3 Å². The summed E-state index contributed by atoms with van der Waals surface area (Å²) in [6, 6.07) is 11.5. The van der Waals surface area contributed by atoms with Gasteiger partial charge in [-0.3, -0.25) is 9.78 Å². The fraction of sp³-hybridized carbons (Fsp3) is 0.250. The van der Waals surface area contributed by atoms with Crippen LogP contribution in [0.5, 0.6) is 11.5 Å². The number of carbonyl (C=O) groups is 1. The number of carbonyl (C=O) groups excluding carboxylic acids is 1. The van der Waals surface area contributed by atoms with Crippen LogP contribution >= 0.6 is 11.3 Å². The number of aromatic nitrogens is 2. The molecular weight excluding hydrogens is 362 g/mol. The third kappa shape index (κ3) is 4.09. The van der Waals surface area contributed by atoms with Crippen molar-refractivity contribution in [1.82, 2.24) is 14.9 Å². The second kappa shape index (κ2) is 7.75. The zero-order chi connectivity index (χ0) is 18.6. The van der Waals surface area contributed by atoms with E-state index >= 15 is 0 Å². The predicted octanol–water partition coefficient (Wildman–Crippen LogP) is 3.18. The fourth-order valence-electron chi connectivity index (χ4n) is 2.83. The van der Waals surface area contributed by atoms with Crippen molar-refractivity contribution in [2.75, 3.05) is 20.3 Å². The van der Waals surface area contributed by atoms with E-state index in [0.29, 0.717) is 19.8 Å². The molecule has 0 N–H and O–H groups in total. The van der Waals surface area contributed by atoms with Gasteiger partial charge in [0.15, 0.2) is 11.5 Å². The minimum atomic E-state index is 0.0164. The summed E-state index contributed by atoms with van der Waals surface area (Å²) in [6.07, 6.45) is 2.01. The number of fused-ring (bicyclic) bond motifs is 1. The van der Waals surface area contributed by atoms with Crippen molar-refractivity contribution >= 4 is 17.2 Å². The van der Waals surface area contributed by atoms with Crippen LogP contribution in [0.15, 0.2) is 48.0 Å². The second-order valence-corrected chi connectivity index (χ2v) is 7.12. The number of rotatable bonds is 5. The molecule has 1 amide bonds. The van der Waals surface area contributed by atoms with E-state index in [4.69, 9.17) is 9.47 Å². The van der Waals surface area contributed by atoms with Crippen molar-refractivity contribution in [1.29, 1.82) is 0 Å². The van der Waals surface area contributed by atoms with E-state index in [1.54, 1.807) is 18.1 Å². The number of thiazole rings is 1. The van der Waals surface area contributed by atoms with Gasteiger partial charge in [0.25, 0.3) is 0 Å². The van der Waals surface area contributed by atoms with Crippen LogP contribution in [0.1, 0.15) is 11.3 Å². The molecular formula is C20H19N3O3S. The first kappa shape index (κ1) is 17.5. The van der Waals surface area contributed by atoms with Crippen molar-refractivity contribution in [2.45, 2.75) is 13.0 Å². The molecule has 0 saturated heterocycles. The largest absolute Gasteiger partial charge is 0.486 e. The molecule has 3 heterocycles. The van der Waals surface area contributed by atoms with Gasteiger partial charge in [-0.1, -0.05) is 12.1 Å². The number of hydrogen-bond acceptors (Lipinski definition) is 6. The summed E-state index contributed by atoms with van der Waals surface area (Å²) in [6.45, 7) is 1.62. The van der Waals surface area contributed by atoms with E-state index < -0.39 is 0 Å². The number of likely N-dealkylation sites (N-methyl/N-ethyl adjacent to an activating group) is 1. The molecule has 0 unspecified atom stereocenters. The summed E-state index contributed by atoms with van der Waals surface area (Å²) in [5.74, 6) is 1.50. The molecule has 7 heteroatoms. The number of ether oxygens (including phenoxy) is 2. The first-order chi connectivity index (χ1) is 13.2. The highest BCUT2D eigenvalue weighted by Gasteiger charge is 2.16. The van der Waals surface area contributed by atoms with Crippen LogP contribution in [0, 0.1) is 0 Å². The SMILES string of the molecule is CN(Cc1ccc2c(c1)OCCO2)C(=O)Cc1csc(-c2ccccn2)n1. The maximum absolute atomic E-state index is 12.6. The van der Waals surface area contributed by atoms with Crippen molar-refractivity contribution in [3.05, 3.63) is 59.2 Å². The molecule has 0 radical (unpaired) electrons. The Morgan fingerprint density at radius 2 is 2.04 bits per heavy atom. The molecule has 1 aromatic carbocycles. The van der Waals surface area contributed by atoms with Crippen molar-refractivity contribution in [3.8, 4) is 22.2 Å². The lowest BCUT2D eigenvalue weighted by atomic mass is 10.1. The van der Waals surface area contributed by atoms with Gasteiger partial charge in [-0.25, -0.2) is 4.98 Å². The molecule has 0 bridgehead atoms. The number of benzene rings is 1. The molecule has 138 valence electrons. The number of pyridine rings is 1. The van der Waals surface area contributed by atoms with Crippen LogP contribution in [0.4, 0.5) is 0 Å². The van der Waals surface area contributed by atoms with Crippen LogP contribution in [0.25, 0.3) is 10.7 Å². The van der Waals surface area contributed by atoms with Gasteiger partial charge >= 0.3 is 0 Å². The summed E-state index contributed by atoms with van der Waals surface area (Å²) >= 11 is 1.50. The molecule has 4 rings (SSSR count). The first-order valence-corrected chi connectivity index (χ1v) is 9.55. The molecule has 1 aliphatic rings. The Kier molecular flexibility index (Phi) is 5.02. The highest BCUT2D eigenvalue weighted by Crippen LogP contribution is 2.31. The summed E-state index contributed by atoms with van der Waals surface area (Å²) in [5, 5.41) is 2.74. The molecule has 0 saturated carbocycles. The molecule has 0 spiro atoms. The molecule has 6 nitrogen and oxygen atoms in total. The number of nitrogens with zero attached hydrogens (tertiary/aromatic N) is 3. The van der Waals surface area contributed by atoms with E-state index in [2.05, 4.69) is 9.97 Å². The molecule has 0 atom stereocenters. The number of hydrogen-bond donors (Lipinski definition) is 0. The summed E-state index contributed by atoms with van der Waals surface area (Å²) in [4.78, 5) is 23.1. The van der Waals surface area contributed by atoms with Gasteiger partial charge in [0.1, 0.15) is 18.2 Å². The highest BCUT2D eigenvalue weighted by molar-refractivity contribution is 7.13. The van der Waals surface area contributed by atoms with E-state index in [9.17, 15) is 4.79 Å².